The van der Waals surface area contributed by atoms with Crippen LogP contribution in [0.5, 0.6) is 5.75 Å². The predicted molar refractivity (Wildman–Crippen MR) is 82.4 cm³/mol. The highest BCUT2D eigenvalue weighted by Gasteiger charge is 2.19. The number of aromatic nitrogens is 1. The van der Waals surface area contributed by atoms with Crippen LogP contribution in [0.4, 0.5) is 0 Å². The molecule has 0 amide bonds. The molecule has 1 N–H and O–H groups in total. The van der Waals surface area contributed by atoms with E-state index in [1.54, 1.807) is 20.0 Å². The Morgan fingerprint density at radius 1 is 1.25 bits per heavy atom. The molecule has 0 unspecified atom stereocenters. The summed E-state index contributed by atoms with van der Waals surface area (Å²) >= 11 is 1.54. The van der Waals surface area contributed by atoms with Gasteiger partial charge in [-0.25, -0.2) is 4.98 Å². The van der Waals surface area contributed by atoms with Crippen molar-refractivity contribution < 1.29 is 9.84 Å². The highest BCUT2D eigenvalue weighted by molar-refractivity contribution is 7.11. The van der Waals surface area contributed by atoms with Crippen LogP contribution < -0.4 is 4.74 Å². The van der Waals surface area contributed by atoms with Gasteiger partial charge in [-0.3, -0.25) is 0 Å². The third-order valence-corrected chi connectivity index (χ3v) is 4.44. The summed E-state index contributed by atoms with van der Waals surface area (Å²) in [5, 5.41) is 10.9. The Morgan fingerprint density at radius 2 is 1.95 bits per heavy atom. The van der Waals surface area contributed by atoms with Gasteiger partial charge in [0.25, 0.3) is 0 Å². The van der Waals surface area contributed by atoms with E-state index in [1.807, 2.05) is 12.1 Å². The van der Waals surface area contributed by atoms with Crippen molar-refractivity contribution in [3.63, 3.8) is 0 Å². The summed E-state index contributed by atoms with van der Waals surface area (Å²) < 4.78 is 5.71. The lowest BCUT2D eigenvalue weighted by atomic mass is 10.1. The average Bonchev–Trinajstić information content (AvgIpc) is 2.88. The third-order valence-electron chi connectivity index (χ3n) is 3.07. The molecule has 0 aliphatic rings. The number of aliphatic hydroxyl groups is 1. The molecule has 0 fully saturated rings. The second-order valence-corrected chi connectivity index (χ2v) is 6.39. The zero-order chi connectivity index (χ0) is 14.6. The molecule has 0 aliphatic heterocycles. The smallest absolute Gasteiger partial charge is 0.119 e. The van der Waals surface area contributed by atoms with Gasteiger partial charge in [-0.05, 0) is 38.0 Å². The number of aryl methyl sites for hydroxylation is 1. The minimum Gasteiger partial charge on any atom is -0.493 e. The van der Waals surface area contributed by atoms with Gasteiger partial charge >= 0.3 is 0 Å². The summed E-state index contributed by atoms with van der Waals surface area (Å²) in [4.78, 5) is 5.21. The molecule has 20 heavy (non-hydrogen) atoms. The molecule has 3 nitrogen and oxygen atoms in total. The summed E-state index contributed by atoms with van der Waals surface area (Å²) in [5.41, 5.74) is 0.499. The van der Waals surface area contributed by atoms with Gasteiger partial charge in [0, 0.05) is 12.6 Å². The molecular weight excluding hydrogens is 270 g/mol. The van der Waals surface area contributed by atoms with Gasteiger partial charge in [0.05, 0.1) is 22.1 Å². The first-order chi connectivity index (χ1) is 9.49. The summed E-state index contributed by atoms with van der Waals surface area (Å²) in [5.74, 6) is 0.890. The highest BCUT2D eigenvalue weighted by Crippen LogP contribution is 2.26. The molecule has 0 atom stereocenters. The number of rotatable bonds is 6. The Morgan fingerprint density at radius 3 is 2.50 bits per heavy atom. The summed E-state index contributed by atoms with van der Waals surface area (Å²) in [6.45, 7) is 6.29. The van der Waals surface area contributed by atoms with Gasteiger partial charge in [0.2, 0.25) is 0 Å². The second-order valence-electron chi connectivity index (χ2n) is 5.27. The second kappa shape index (κ2) is 6.37. The van der Waals surface area contributed by atoms with E-state index in [0.717, 1.165) is 28.5 Å². The molecule has 0 aliphatic carbocycles. The SMILES string of the molecule is CCc1ccc(OCCc2ncc(C(C)(C)O)s2)cc1. The monoisotopic (exact) mass is 291 g/mol. The van der Waals surface area contributed by atoms with E-state index in [1.165, 1.54) is 16.9 Å². The van der Waals surface area contributed by atoms with Crippen molar-refractivity contribution in [3.05, 3.63) is 45.9 Å². The first-order valence-electron chi connectivity index (χ1n) is 6.88. The zero-order valence-electron chi connectivity index (χ0n) is 12.2. The maximum atomic E-state index is 9.89. The number of nitrogens with zero attached hydrogens (tertiary/aromatic N) is 1. The molecular formula is C16H21NO2S. The molecule has 2 rings (SSSR count). The summed E-state index contributed by atoms with van der Waals surface area (Å²) in [6, 6.07) is 8.18. The van der Waals surface area contributed by atoms with Crippen molar-refractivity contribution in [3.8, 4) is 5.75 Å². The van der Waals surface area contributed by atoms with E-state index < -0.39 is 5.60 Å². The minimum absolute atomic E-state index is 0.601. The van der Waals surface area contributed by atoms with Crippen LogP contribution in [0, 0.1) is 0 Å². The number of hydrogen-bond acceptors (Lipinski definition) is 4. The van der Waals surface area contributed by atoms with Crippen molar-refractivity contribution in [2.45, 2.75) is 39.2 Å². The minimum atomic E-state index is -0.813. The van der Waals surface area contributed by atoms with Crippen molar-refractivity contribution in [2.24, 2.45) is 0 Å². The van der Waals surface area contributed by atoms with Crippen molar-refractivity contribution >= 4 is 11.3 Å². The topological polar surface area (TPSA) is 42.4 Å². The standard InChI is InChI=1S/C16H21NO2S/c1-4-12-5-7-13(8-6-12)19-10-9-15-17-11-14(20-15)16(2,3)18/h5-8,11,18H,4,9-10H2,1-3H3. The van der Waals surface area contributed by atoms with Crippen molar-refractivity contribution in [2.75, 3.05) is 6.61 Å². The Balaban J connectivity index is 1.84. The molecule has 108 valence electrons. The Labute approximate surface area is 124 Å². The fraction of sp³-hybridized carbons (Fsp3) is 0.438. The van der Waals surface area contributed by atoms with E-state index in [9.17, 15) is 5.11 Å². The highest BCUT2D eigenvalue weighted by atomic mass is 32.1. The van der Waals surface area contributed by atoms with Crippen LogP contribution in [0.15, 0.2) is 30.5 Å². The third kappa shape index (κ3) is 4.05. The number of benzene rings is 1. The van der Waals surface area contributed by atoms with Crippen LogP contribution >= 0.6 is 11.3 Å². The van der Waals surface area contributed by atoms with Crippen LogP contribution in [-0.2, 0) is 18.4 Å². The van der Waals surface area contributed by atoms with Gasteiger partial charge in [-0.1, -0.05) is 19.1 Å². The molecule has 4 heteroatoms. The largest absolute Gasteiger partial charge is 0.493 e. The van der Waals surface area contributed by atoms with Gasteiger partial charge in [0.15, 0.2) is 0 Å². The van der Waals surface area contributed by atoms with Gasteiger partial charge in [-0.2, -0.15) is 0 Å². The van der Waals surface area contributed by atoms with E-state index in [-0.39, 0.29) is 0 Å². The predicted octanol–water partition coefficient (Wildman–Crippen LogP) is 3.55. The van der Waals surface area contributed by atoms with E-state index in [2.05, 4.69) is 24.0 Å². The lowest BCUT2D eigenvalue weighted by molar-refractivity contribution is 0.0823. The fourth-order valence-electron chi connectivity index (χ4n) is 1.79. The number of thiazole rings is 1. The molecule has 0 saturated carbocycles. The molecule has 0 bridgehead atoms. The van der Waals surface area contributed by atoms with E-state index in [0.29, 0.717) is 6.61 Å². The van der Waals surface area contributed by atoms with Crippen LogP contribution in [0.2, 0.25) is 0 Å². The van der Waals surface area contributed by atoms with Crippen molar-refractivity contribution in [1.29, 1.82) is 0 Å². The van der Waals surface area contributed by atoms with Crippen LogP contribution in [-0.4, -0.2) is 16.7 Å². The zero-order valence-corrected chi connectivity index (χ0v) is 13.0. The fourth-order valence-corrected chi connectivity index (χ4v) is 2.69. The Kier molecular flexibility index (Phi) is 4.78. The van der Waals surface area contributed by atoms with Crippen LogP contribution in [0.1, 0.15) is 36.2 Å². The van der Waals surface area contributed by atoms with E-state index in [4.69, 9.17) is 4.74 Å². The quantitative estimate of drug-likeness (QED) is 0.885. The van der Waals surface area contributed by atoms with Crippen LogP contribution in [0.25, 0.3) is 0 Å². The lowest BCUT2D eigenvalue weighted by Crippen LogP contribution is -2.12. The molecule has 0 spiro atoms. The van der Waals surface area contributed by atoms with Crippen LogP contribution in [0.3, 0.4) is 0 Å². The lowest BCUT2D eigenvalue weighted by Gasteiger charge is -2.13. The molecule has 2 aromatic rings. The van der Waals surface area contributed by atoms with Gasteiger partial charge < -0.3 is 9.84 Å². The summed E-state index contributed by atoms with van der Waals surface area (Å²) in [6.07, 6.45) is 3.55. The Hall–Kier alpha value is -1.39. The molecule has 0 saturated heterocycles. The maximum Gasteiger partial charge on any atom is 0.119 e. The molecule has 1 aromatic heterocycles. The Bertz CT molecular complexity index is 540. The number of hydrogen-bond donors (Lipinski definition) is 1. The van der Waals surface area contributed by atoms with Gasteiger partial charge in [-0.15, -0.1) is 11.3 Å². The maximum absolute atomic E-state index is 9.89. The number of ether oxygens (including phenoxy) is 1. The van der Waals surface area contributed by atoms with Crippen molar-refractivity contribution in [1.82, 2.24) is 4.98 Å². The molecule has 0 radical (unpaired) electrons. The van der Waals surface area contributed by atoms with Gasteiger partial charge in [0.1, 0.15) is 5.75 Å². The molecule has 1 heterocycles. The first-order valence-corrected chi connectivity index (χ1v) is 7.70. The first kappa shape index (κ1) is 15.0. The normalized spacial score (nSPS) is 11.6. The average molecular weight is 291 g/mol. The molecule has 1 aromatic carbocycles. The summed E-state index contributed by atoms with van der Waals surface area (Å²) in [7, 11) is 0. The van der Waals surface area contributed by atoms with E-state index >= 15 is 0 Å².